The van der Waals surface area contributed by atoms with Crippen LogP contribution in [0, 0.1) is 6.92 Å². The average molecular weight is 421 g/mol. The summed E-state index contributed by atoms with van der Waals surface area (Å²) in [6.45, 7) is 2.53. The van der Waals surface area contributed by atoms with Crippen LogP contribution in [0.3, 0.4) is 0 Å². The number of nitrogens with zero attached hydrogens (tertiary/aromatic N) is 2. The van der Waals surface area contributed by atoms with Crippen molar-refractivity contribution in [1.29, 1.82) is 0 Å². The van der Waals surface area contributed by atoms with Gasteiger partial charge in [0.2, 0.25) is 0 Å². The van der Waals surface area contributed by atoms with Crippen LogP contribution in [0.25, 0.3) is 10.9 Å². The largest absolute Gasteiger partial charge is 0.497 e. The average Bonchev–Trinajstić information content (AvgIpc) is 3.41. The number of rotatable bonds is 5. The Kier molecular flexibility index (Phi) is 4.51. The zero-order chi connectivity index (χ0) is 20.8. The molecule has 0 aliphatic carbocycles. The molecule has 0 unspecified atom stereocenters. The van der Waals surface area contributed by atoms with Crippen molar-refractivity contribution in [3.8, 4) is 5.75 Å². The van der Waals surface area contributed by atoms with E-state index >= 15 is 0 Å². The fraction of sp³-hybridized carbons (Fsp3) is 0.217. The summed E-state index contributed by atoms with van der Waals surface area (Å²) in [5, 5.41) is 9.02. The van der Waals surface area contributed by atoms with Crippen molar-refractivity contribution in [2.24, 2.45) is 0 Å². The molecule has 30 heavy (non-hydrogen) atoms. The van der Waals surface area contributed by atoms with Crippen LogP contribution in [0.5, 0.6) is 5.75 Å². The molecule has 2 N–H and O–H groups in total. The van der Waals surface area contributed by atoms with E-state index in [1.54, 1.807) is 7.11 Å². The first-order valence-electron chi connectivity index (χ1n) is 9.82. The van der Waals surface area contributed by atoms with Gasteiger partial charge in [-0.3, -0.25) is 9.89 Å². The molecular formula is C23H21ClN4O2. The van der Waals surface area contributed by atoms with Gasteiger partial charge in [0.25, 0.3) is 5.91 Å². The number of fused-ring (bicyclic) bond motifs is 2. The highest BCUT2D eigenvalue weighted by Gasteiger charge is 2.41. The lowest BCUT2D eigenvalue weighted by atomic mass is 9.99. The zero-order valence-electron chi connectivity index (χ0n) is 16.7. The second-order valence-corrected chi connectivity index (χ2v) is 7.98. The lowest BCUT2D eigenvalue weighted by Gasteiger charge is -2.26. The Hall–Kier alpha value is -3.25. The number of benzene rings is 2. The highest BCUT2D eigenvalue weighted by molar-refractivity contribution is 6.30. The number of ether oxygens (including phenoxy) is 1. The third kappa shape index (κ3) is 2.95. The van der Waals surface area contributed by atoms with Crippen LogP contribution in [0.15, 0.2) is 48.7 Å². The molecule has 0 saturated heterocycles. The number of carbonyl (C=O) groups excluding carboxylic acids is 1. The maximum absolute atomic E-state index is 13.2. The number of hydrogen-bond donors (Lipinski definition) is 2. The van der Waals surface area contributed by atoms with Crippen LogP contribution in [-0.2, 0) is 6.42 Å². The number of hydrogen-bond acceptors (Lipinski definition) is 3. The highest BCUT2D eigenvalue weighted by Crippen LogP contribution is 2.39. The van der Waals surface area contributed by atoms with Crippen molar-refractivity contribution in [2.45, 2.75) is 19.4 Å². The summed E-state index contributed by atoms with van der Waals surface area (Å²) in [6.07, 6.45) is 2.72. The van der Waals surface area contributed by atoms with E-state index in [1.807, 2.05) is 60.5 Å². The minimum absolute atomic E-state index is 0.0493. The van der Waals surface area contributed by atoms with Gasteiger partial charge in [-0.15, -0.1) is 0 Å². The number of methoxy groups -OCH3 is 1. The van der Waals surface area contributed by atoms with E-state index < -0.39 is 0 Å². The Bertz CT molecular complexity index is 1240. The number of aromatic nitrogens is 3. The Morgan fingerprint density at radius 1 is 1.20 bits per heavy atom. The van der Waals surface area contributed by atoms with E-state index in [9.17, 15) is 4.79 Å². The molecule has 0 radical (unpaired) electrons. The Morgan fingerprint density at radius 3 is 2.77 bits per heavy atom. The summed E-state index contributed by atoms with van der Waals surface area (Å²) < 4.78 is 5.37. The maximum atomic E-state index is 13.2. The number of carbonyl (C=O) groups is 1. The van der Waals surface area contributed by atoms with E-state index in [-0.39, 0.29) is 11.9 Å². The lowest BCUT2D eigenvalue weighted by Crippen LogP contribution is -2.31. The summed E-state index contributed by atoms with van der Waals surface area (Å²) in [7, 11) is 1.66. The van der Waals surface area contributed by atoms with Gasteiger partial charge in [0.15, 0.2) is 5.69 Å². The molecule has 6 nitrogen and oxygen atoms in total. The second-order valence-electron chi connectivity index (χ2n) is 7.54. The number of aromatic amines is 2. The third-order valence-electron chi connectivity index (χ3n) is 5.83. The lowest BCUT2D eigenvalue weighted by molar-refractivity contribution is 0.0745. The SMILES string of the molecule is COc1ccc2[nH]cc(CCN3C(=O)c4n[nH]c(C)c4[C@@H]3c3ccc(Cl)cc3)c2c1. The number of halogens is 1. The van der Waals surface area contributed by atoms with E-state index in [0.717, 1.165) is 45.5 Å². The molecule has 4 aromatic rings. The molecule has 1 aliphatic rings. The first kappa shape index (κ1) is 18.8. The number of nitrogens with one attached hydrogen (secondary N) is 2. The van der Waals surface area contributed by atoms with Crippen LogP contribution < -0.4 is 4.74 Å². The molecule has 152 valence electrons. The minimum Gasteiger partial charge on any atom is -0.497 e. The molecule has 0 saturated carbocycles. The van der Waals surface area contributed by atoms with Crippen molar-refractivity contribution >= 4 is 28.4 Å². The summed E-state index contributed by atoms with van der Waals surface area (Å²) in [5.41, 5.74) is 5.59. The van der Waals surface area contributed by atoms with Gasteiger partial charge in [0.1, 0.15) is 5.75 Å². The predicted molar refractivity (Wildman–Crippen MR) is 116 cm³/mol. The quantitative estimate of drug-likeness (QED) is 0.493. The highest BCUT2D eigenvalue weighted by atomic mass is 35.5. The molecule has 0 fully saturated rings. The molecule has 2 aromatic carbocycles. The Balaban J connectivity index is 1.48. The smallest absolute Gasteiger partial charge is 0.275 e. The van der Waals surface area contributed by atoms with Crippen LogP contribution >= 0.6 is 11.6 Å². The summed E-state index contributed by atoms with van der Waals surface area (Å²) >= 11 is 6.09. The van der Waals surface area contributed by atoms with Gasteiger partial charge < -0.3 is 14.6 Å². The van der Waals surface area contributed by atoms with Gasteiger partial charge in [0.05, 0.1) is 13.2 Å². The topological polar surface area (TPSA) is 74.0 Å². The standard InChI is InChI=1S/C23H21ClN4O2/c1-13-20-21(27-26-13)23(29)28(22(20)14-3-5-16(24)6-4-14)10-9-15-12-25-19-8-7-17(30-2)11-18(15)19/h3-8,11-12,22,25H,9-10H2,1-2H3,(H,26,27)/t22-/m0/s1. The predicted octanol–water partition coefficient (Wildman–Crippen LogP) is 4.65. The van der Waals surface area contributed by atoms with Gasteiger partial charge in [-0.25, -0.2) is 0 Å². The van der Waals surface area contributed by atoms with E-state index in [2.05, 4.69) is 15.2 Å². The second kappa shape index (κ2) is 7.22. The van der Waals surface area contributed by atoms with E-state index in [0.29, 0.717) is 17.3 Å². The summed E-state index contributed by atoms with van der Waals surface area (Å²) in [5.74, 6) is 0.766. The molecular weight excluding hydrogens is 400 g/mol. The summed E-state index contributed by atoms with van der Waals surface area (Å²) in [6, 6.07) is 13.5. The first-order valence-corrected chi connectivity index (χ1v) is 10.2. The molecule has 0 spiro atoms. The number of H-pyrrole nitrogens is 2. The molecule has 0 bridgehead atoms. The van der Waals surface area contributed by atoms with Crippen LogP contribution in [0.2, 0.25) is 5.02 Å². The van der Waals surface area contributed by atoms with Crippen molar-refractivity contribution in [2.75, 3.05) is 13.7 Å². The van der Waals surface area contributed by atoms with Gasteiger partial charge in [-0.1, -0.05) is 23.7 Å². The van der Waals surface area contributed by atoms with Crippen LogP contribution in [0.1, 0.15) is 38.9 Å². The fourth-order valence-electron chi connectivity index (χ4n) is 4.30. The van der Waals surface area contributed by atoms with Crippen molar-refractivity contribution in [3.05, 3.63) is 81.8 Å². The van der Waals surface area contributed by atoms with Crippen molar-refractivity contribution in [3.63, 3.8) is 0 Å². The Morgan fingerprint density at radius 2 is 2.00 bits per heavy atom. The molecule has 1 amide bonds. The van der Waals surface area contributed by atoms with Gasteiger partial charge in [-0.2, -0.15) is 5.10 Å². The molecule has 3 heterocycles. The zero-order valence-corrected chi connectivity index (χ0v) is 17.5. The normalized spacial score (nSPS) is 15.8. The van der Waals surface area contributed by atoms with Gasteiger partial charge in [-0.05, 0) is 54.8 Å². The van der Waals surface area contributed by atoms with Crippen molar-refractivity contribution < 1.29 is 9.53 Å². The molecule has 1 aliphatic heterocycles. The summed E-state index contributed by atoms with van der Waals surface area (Å²) in [4.78, 5) is 18.4. The molecule has 5 rings (SSSR count). The minimum atomic E-state index is -0.178. The number of amides is 1. The molecule has 7 heteroatoms. The molecule has 1 atom stereocenters. The van der Waals surface area contributed by atoms with E-state index in [4.69, 9.17) is 16.3 Å². The van der Waals surface area contributed by atoms with Gasteiger partial charge >= 0.3 is 0 Å². The Labute approximate surface area is 178 Å². The fourth-order valence-corrected chi connectivity index (χ4v) is 4.43. The van der Waals surface area contributed by atoms with Gasteiger partial charge in [0, 0.05) is 39.9 Å². The van der Waals surface area contributed by atoms with E-state index in [1.165, 1.54) is 0 Å². The maximum Gasteiger partial charge on any atom is 0.275 e. The molecule has 2 aromatic heterocycles. The van der Waals surface area contributed by atoms with Crippen LogP contribution in [-0.4, -0.2) is 39.6 Å². The third-order valence-corrected chi connectivity index (χ3v) is 6.08. The monoisotopic (exact) mass is 420 g/mol. The first-order chi connectivity index (χ1) is 14.6. The van der Waals surface area contributed by atoms with Crippen molar-refractivity contribution in [1.82, 2.24) is 20.1 Å². The number of aryl methyl sites for hydroxylation is 1. The van der Waals surface area contributed by atoms with Crippen LogP contribution in [0.4, 0.5) is 0 Å².